The zero-order valence-electron chi connectivity index (χ0n) is 26.2. The van der Waals surface area contributed by atoms with Gasteiger partial charge in [-0.05, 0) is 58.3 Å². The molecule has 0 saturated heterocycles. The number of aromatic nitrogens is 5. The molecular formula is C42H31N5. The summed E-state index contributed by atoms with van der Waals surface area (Å²) in [6.45, 7) is 4.44. The summed E-state index contributed by atoms with van der Waals surface area (Å²) in [6, 6.07) is 45.8. The number of fused-ring (bicyclic) bond motifs is 3. The first-order chi connectivity index (χ1) is 23.1. The second-order valence-corrected chi connectivity index (χ2v) is 12.0. The fourth-order valence-electron chi connectivity index (χ4n) is 6.09. The van der Waals surface area contributed by atoms with E-state index in [2.05, 4.69) is 85.6 Å². The molecule has 8 rings (SSSR count). The van der Waals surface area contributed by atoms with Crippen molar-refractivity contribution in [1.29, 1.82) is 0 Å². The minimum Gasteiger partial charge on any atom is -0.264 e. The normalized spacial score (nSPS) is 11.4. The molecule has 0 aliphatic carbocycles. The lowest BCUT2D eigenvalue weighted by atomic mass is 9.93. The van der Waals surface area contributed by atoms with Gasteiger partial charge >= 0.3 is 0 Å². The van der Waals surface area contributed by atoms with E-state index in [1.54, 1.807) is 0 Å². The zero-order valence-corrected chi connectivity index (χ0v) is 26.2. The molecule has 8 aromatic rings. The largest absolute Gasteiger partial charge is 0.264 e. The highest BCUT2D eigenvalue weighted by Gasteiger charge is 2.17. The quantitative estimate of drug-likeness (QED) is 0.176. The molecule has 0 amide bonds. The van der Waals surface area contributed by atoms with Crippen molar-refractivity contribution in [3.63, 3.8) is 0 Å². The molecule has 224 valence electrons. The molecule has 0 aliphatic heterocycles. The van der Waals surface area contributed by atoms with Crippen molar-refractivity contribution >= 4 is 21.7 Å². The number of nitrogens with zero attached hydrogens (tertiary/aromatic N) is 5. The van der Waals surface area contributed by atoms with Crippen molar-refractivity contribution in [3.8, 4) is 56.5 Å². The van der Waals surface area contributed by atoms with Gasteiger partial charge in [0, 0.05) is 45.4 Å². The molecule has 5 aromatic carbocycles. The van der Waals surface area contributed by atoms with Crippen molar-refractivity contribution in [2.45, 2.75) is 19.8 Å². The number of benzene rings is 5. The summed E-state index contributed by atoms with van der Waals surface area (Å²) in [7, 11) is 0. The van der Waals surface area contributed by atoms with Crippen molar-refractivity contribution in [3.05, 3.63) is 151 Å². The predicted molar refractivity (Wildman–Crippen MR) is 192 cm³/mol. The Morgan fingerprint density at radius 3 is 1.72 bits per heavy atom. The van der Waals surface area contributed by atoms with E-state index in [9.17, 15) is 0 Å². The second kappa shape index (κ2) is 12.0. The first-order valence-corrected chi connectivity index (χ1v) is 15.9. The van der Waals surface area contributed by atoms with E-state index in [1.165, 1.54) is 5.56 Å². The van der Waals surface area contributed by atoms with Crippen LogP contribution in [0.2, 0.25) is 0 Å². The van der Waals surface area contributed by atoms with Crippen LogP contribution in [-0.2, 0) is 0 Å². The maximum absolute atomic E-state index is 5.23. The Labute approximate surface area is 273 Å². The van der Waals surface area contributed by atoms with E-state index < -0.39 is 0 Å². The van der Waals surface area contributed by atoms with E-state index in [1.807, 2.05) is 79.1 Å². The molecule has 5 nitrogen and oxygen atoms in total. The SMILES string of the molecule is CC(C)c1cccc(-c2cc(-c3nc(-c4ccccc4)nc(-c4ccccc4)n3)cc(-c3nc4ccccc4c4ccncc34)c2)c1. The van der Waals surface area contributed by atoms with Gasteiger partial charge in [-0.15, -0.1) is 0 Å². The minimum atomic E-state index is 0.403. The summed E-state index contributed by atoms with van der Waals surface area (Å²) in [5.74, 6) is 2.26. The molecule has 0 saturated carbocycles. The number of rotatable bonds is 6. The monoisotopic (exact) mass is 605 g/mol. The molecule has 0 bridgehead atoms. The van der Waals surface area contributed by atoms with Gasteiger partial charge < -0.3 is 0 Å². The lowest BCUT2D eigenvalue weighted by molar-refractivity contribution is 0.867. The van der Waals surface area contributed by atoms with E-state index >= 15 is 0 Å². The summed E-state index contributed by atoms with van der Waals surface area (Å²) in [5.41, 5.74) is 9.01. The average Bonchev–Trinajstić information content (AvgIpc) is 3.15. The van der Waals surface area contributed by atoms with E-state index in [-0.39, 0.29) is 0 Å². The summed E-state index contributed by atoms with van der Waals surface area (Å²) >= 11 is 0. The van der Waals surface area contributed by atoms with Crippen molar-refractivity contribution in [2.24, 2.45) is 0 Å². The standard InChI is InChI=1S/C42H31N5/c1-27(2)30-16-11-17-31(22-30)32-23-33(39-37-26-43-21-20-35(37)36-18-9-10-19-38(36)44-39)25-34(24-32)42-46-40(28-12-5-3-6-13-28)45-41(47-42)29-14-7-4-8-15-29/h3-27H,1-2H3. The Bertz CT molecular complexity index is 2330. The van der Waals surface area contributed by atoms with Gasteiger partial charge in [-0.1, -0.05) is 117 Å². The highest BCUT2D eigenvalue weighted by Crippen LogP contribution is 2.37. The minimum absolute atomic E-state index is 0.403. The summed E-state index contributed by atoms with van der Waals surface area (Å²) in [5, 5.41) is 3.22. The van der Waals surface area contributed by atoms with Gasteiger partial charge in [-0.25, -0.2) is 19.9 Å². The summed E-state index contributed by atoms with van der Waals surface area (Å²) in [6.07, 6.45) is 3.76. The molecule has 3 aromatic heterocycles. The fraction of sp³-hybridized carbons (Fsp3) is 0.0714. The third-order valence-electron chi connectivity index (χ3n) is 8.55. The zero-order chi connectivity index (χ0) is 31.7. The van der Waals surface area contributed by atoms with Gasteiger partial charge in [-0.2, -0.15) is 0 Å². The molecular weight excluding hydrogens is 574 g/mol. The lowest BCUT2D eigenvalue weighted by Gasteiger charge is -2.15. The Balaban J connectivity index is 1.41. The van der Waals surface area contributed by atoms with Crippen LogP contribution in [0.5, 0.6) is 0 Å². The highest BCUT2D eigenvalue weighted by atomic mass is 15.0. The smallest absolute Gasteiger partial charge is 0.164 e. The third-order valence-corrected chi connectivity index (χ3v) is 8.55. The van der Waals surface area contributed by atoms with Crippen molar-refractivity contribution in [2.75, 3.05) is 0 Å². The lowest BCUT2D eigenvalue weighted by Crippen LogP contribution is -2.01. The molecule has 0 N–H and O–H groups in total. The van der Waals surface area contributed by atoms with E-state index in [4.69, 9.17) is 19.9 Å². The number of pyridine rings is 2. The average molecular weight is 606 g/mol. The Morgan fingerprint density at radius 1 is 0.426 bits per heavy atom. The summed E-state index contributed by atoms with van der Waals surface area (Å²) in [4.78, 5) is 24.8. The molecule has 0 aliphatic rings. The van der Waals surface area contributed by atoms with Crippen molar-refractivity contribution < 1.29 is 0 Å². The van der Waals surface area contributed by atoms with Crippen LogP contribution in [0.25, 0.3) is 78.2 Å². The van der Waals surface area contributed by atoms with Crippen LogP contribution in [0.1, 0.15) is 25.3 Å². The summed E-state index contributed by atoms with van der Waals surface area (Å²) < 4.78 is 0. The van der Waals surface area contributed by atoms with Crippen LogP contribution in [0, 0.1) is 0 Å². The van der Waals surface area contributed by atoms with Gasteiger partial charge in [0.05, 0.1) is 11.2 Å². The van der Waals surface area contributed by atoms with Crippen LogP contribution in [0.4, 0.5) is 0 Å². The van der Waals surface area contributed by atoms with Crippen LogP contribution in [0.15, 0.2) is 146 Å². The topological polar surface area (TPSA) is 64.5 Å². The van der Waals surface area contributed by atoms with Gasteiger partial charge in [-0.3, -0.25) is 4.98 Å². The number of hydrogen-bond donors (Lipinski definition) is 0. The third kappa shape index (κ3) is 5.53. The Kier molecular flexibility index (Phi) is 7.27. The van der Waals surface area contributed by atoms with Crippen LogP contribution in [0.3, 0.4) is 0 Å². The number of para-hydroxylation sites is 1. The number of hydrogen-bond acceptors (Lipinski definition) is 5. The van der Waals surface area contributed by atoms with E-state index in [0.29, 0.717) is 23.4 Å². The Morgan fingerprint density at radius 2 is 1.02 bits per heavy atom. The first-order valence-electron chi connectivity index (χ1n) is 15.9. The molecule has 0 atom stereocenters. The van der Waals surface area contributed by atoms with Gasteiger partial charge in [0.25, 0.3) is 0 Å². The molecule has 0 spiro atoms. The Hall–Kier alpha value is -6.07. The molecule has 3 heterocycles. The van der Waals surface area contributed by atoms with Crippen molar-refractivity contribution in [1.82, 2.24) is 24.9 Å². The molecule has 0 fully saturated rings. The van der Waals surface area contributed by atoms with Gasteiger partial charge in [0.1, 0.15) is 0 Å². The van der Waals surface area contributed by atoms with Crippen LogP contribution in [-0.4, -0.2) is 24.9 Å². The maximum atomic E-state index is 5.23. The highest BCUT2D eigenvalue weighted by molar-refractivity contribution is 6.10. The fourth-order valence-corrected chi connectivity index (χ4v) is 6.09. The molecule has 0 unspecified atom stereocenters. The predicted octanol–water partition coefficient (Wildman–Crippen LogP) is 10.4. The van der Waals surface area contributed by atoms with Gasteiger partial charge in [0.15, 0.2) is 17.5 Å². The van der Waals surface area contributed by atoms with E-state index in [0.717, 1.165) is 60.8 Å². The molecule has 5 heteroatoms. The first kappa shape index (κ1) is 28.4. The van der Waals surface area contributed by atoms with Gasteiger partial charge in [0.2, 0.25) is 0 Å². The maximum Gasteiger partial charge on any atom is 0.164 e. The second-order valence-electron chi connectivity index (χ2n) is 12.0. The van der Waals surface area contributed by atoms with Crippen LogP contribution < -0.4 is 0 Å². The van der Waals surface area contributed by atoms with Crippen LogP contribution >= 0.6 is 0 Å². The molecule has 47 heavy (non-hydrogen) atoms. The molecule has 0 radical (unpaired) electrons.